The van der Waals surface area contributed by atoms with Crippen molar-refractivity contribution in [2.45, 2.75) is 34.6 Å². The van der Waals surface area contributed by atoms with Crippen molar-refractivity contribution in [3.63, 3.8) is 0 Å². The molecular weight excluding hydrogens is 210 g/mol. The number of hydrogen-bond donors (Lipinski definition) is 1. The van der Waals surface area contributed by atoms with Gasteiger partial charge in [0.25, 0.3) is 0 Å². The van der Waals surface area contributed by atoms with Crippen LogP contribution in [-0.4, -0.2) is 15.0 Å². The van der Waals surface area contributed by atoms with E-state index in [4.69, 9.17) is 11.6 Å². The number of H-pyrrole nitrogens is 1. The van der Waals surface area contributed by atoms with Crippen LogP contribution >= 0.6 is 11.6 Å². The van der Waals surface area contributed by atoms with Crippen molar-refractivity contribution < 1.29 is 0 Å². The molecule has 3 nitrogen and oxygen atoms in total. The van der Waals surface area contributed by atoms with E-state index in [-0.39, 0.29) is 0 Å². The Morgan fingerprint density at radius 2 is 1.67 bits per heavy atom. The maximum absolute atomic E-state index is 6.06. The molecular formula is C11H16ClN3. The number of rotatable bonds is 0. The molecule has 0 bridgehead atoms. The van der Waals surface area contributed by atoms with Crippen LogP contribution in [0.4, 0.5) is 0 Å². The first-order chi connectivity index (χ1) is 7.09. The highest BCUT2D eigenvalue weighted by Gasteiger charge is 2.09. The smallest absolute Gasteiger partial charge is 0.178 e. The van der Waals surface area contributed by atoms with Crippen LogP contribution in [0.2, 0.25) is 5.02 Å². The van der Waals surface area contributed by atoms with E-state index in [1.807, 2.05) is 34.6 Å². The predicted octanol–water partition coefficient (Wildman–Crippen LogP) is 3.56. The number of aromatic nitrogens is 3. The molecule has 0 saturated carbocycles. The van der Waals surface area contributed by atoms with Gasteiger partial charge in [-0.15, -0.1) is 0 Å². The second-order valence-corrected chi connectivity index (χ2v) is 3.53. The van der Waals surface area contributed by atoms with Gasteiger partial charge in [0.05, 0.1) is 16.2 Å². The molecule has 0 spiro atoms. The molecule has 15 heavy (non-hydrogen) atoms. The molecule has 1 N–H and O–H groups in total. The Kier molecular flexibility index (Phi) is 3.69. The standard InChI is InChI=1S/C9H10ClN3.C2H6/c1-4-7(10)5(2)11-9-8(4)12-6(3)13-9;1-2/h1-3H3,(H,11,12,13);1-2H3. The Hall–Kier alpha value is -1.09. The lowest BCUT2D eigenvalue weighted by atomic mass is 10.2. The molecule has 2 heterocycles. The number of nitrogens with one attached hydrogen (secondary N) is 1. The van der Waals surface area contributed by atoms with Crippen LogP contribution in [0.5, 0.6) is 0 Å². The average Bonchev–Trinajstić information content (AvgIpc) is 2.59. The lowest BCUT2D eigenvalue weighted by Crippen LogP contribution is -1.88. The fraction of sp³-hybridized carbons (Fsp3) is 0.455. The van der Waals surface area contributed by atoms with E-state index >= 15 is 0 Å². The van der Waals surface area contributed by atoms with Crippen molar-refractivity contribution in [1.82, 2.24) is 15.0 Å². The van der Waals surface area contributed by atoms with Crippen molar-refractivity contribution in [3.05, 3.63) is 22.1 Å². The molecule has 2 aromatic heterocycles. The first-order valence-electron chi connectivity index (χ1n) is 5.08. The number of imidazole rings is 1. The first-order valence-corrected chi connectivity index (χ1v) is 5.46. The Bertz CT molecular complexity index is 474. The lowest BCUT2D eigenvalue weighted by Gasteiger charge is -2.01. The quantitative estimate of drug-likeness (QED) is 0.745. The third-order valence-electron chi connectivity index (χ3n) is 2.10. The Morgan fingerprint density at radius 3 is 2.27 bits per heavy atom. The van der Waals surface area contributed by atoms with E-state index < -0.39 is 0 Å². The highest BCUT2D eigenvalue weighted by Crippen LogP contribution is 2.24. The van der Waals surface area contributed by atoms with Crippen LogP contribution in [0.1, 0.15) is 30.9 Å². The van der Waals surface area contributed by atoms with Crippen molar-refractivity contribution in [2.24, 2.45) is 0 Å². The number of nitrogens with zero attached hydrogens (tertiary/aromatic N) is 2. The number of aromatic amines is 1. The van der Waals surface area contributed by atoms with Gasteiger partial charge in [0.1, 0.15) is 5.82 Å². The Labute approximate surface area is 94.9 Å². The van der Waals surface area contributed by atoms with Crippen LogP contribution in [0.3, 0.4) is 0 Å². The zero-order valence-electron chi connectivity index (χ0n) is 9.77. The second-order valence-electron chi connectivity index (χ2n) is 3.16. The molecule has 0 aromatic carbocycles. The number of hydrogen-bond acceptors (Lipinski definition) is 2. The number of halogens is 1. The predicted molar refractivity (Wildman–Crippen MR) is 64.5 cm³/mol. The summed E-state index contributed by atoms with van der Waals surface area (Å²) >= 11 is 6.06. The molecule has 0 aliphatic heterocycles. The zero-order chi connectivity index (χ0) is 11.6. The summed E-state index contributed by atoms with van der Waals surface area (Å²) in [6.45, 7) is 9.76. The van der Waals surface area contributed by atoms with Gasteiger partial charge in [-0.2, -0.15) is 0 Å². The molecule has 0 fully saturated rings. The van der Waals surface area contributed by atoms with Crippen LogP contribution in [0.15, 0.2) is 0 Å². The van der Waals surface area contributed by atoms with Gasteiger partial charge in [0, 0.05) is 0 Å². The zero-order valence-corrected chi connectivity index (χ0v) is 10.5. The van der Waals surface area contributed by atoms with Gasteiger partial charge in [0.15, 0.2) is 5.65 Å². The van der Waals surface area contributed by atoms with Crippen molar-refractivity contribution in [2.75, 3.05) is 0 Å². The van der Waals surface area contributed by atoms with E-state index in [9.17, 15) is 0 Å². The van der Waals surface area contributed by atoms with Gasteiger partial charge in [0.2, 0.25) is 0 Å². The van der Waals surface area contributed by atoms with E-state index in [1.54, 1.807) is 0 Å². The second kappa shape index (κ2) is 4.62. The van der Waals surface area contributed by atoms with Gasteiger partial charge >= 0.3 is 0 Å². The fourth-order valence-electron chi connectivity index (χ4n) is 1.41. The summed E-state index contributed by atoms with van der Waals surface area (Å²) in [7, 11) is 0. The van der Waals surface area contributed by atoms with Gasteiger partial charge in [-0.05, 0) is 26.3 Å². The summed E-state index contributed by atoms with van der Waals surface area (Å²) in [5, 5.41) is 0.719. The van der Waals surface area contributed by atoms with Crippen molar-refractivity contribution in [1.29, 1.82) is 0 Å². The molecule has 4 heteroatoms. The fourth-order valence-corrected chi connectivity index (χ4v) is 1.55. The monoisotopic (exact) mass is 225 g/mol. The van der Waals surface area contributed by atoms with Crippen molar-refractivity contribution >= 4 is 22.8 Å². The highest BCUT2D eigenvalue weighted by atomic mass is 35.5. The minimum absolute atomic E-state index is 0.719. The van der Waals surface area contributed by atoms with E-state index in [1.165, 1.54) is 0 Å². The average molecular weight is 226 g/mol. The summed E-state index contributed by atoms with van der Waals surface area (Å²) in [4.78, 5) is 11.7. The third-order valence-corrected chi connectivity index (χ3v) is 2.66. The maximum atomic E-state index is 6.06. The van der Waals surface area contributed by atoms with E-state index in [0.29, 0.717) is 0 Å². The molecule has 2 aromatic rings. The first kappa shape index (κ1) is 12.0. The molecule has 0 amide bonds. The minimum Gasteiger partial charge on any atom is -0.341 e. The lowest BCUT2D eigenvalue weighted by molar-refractivity contribution is 1.15. The molecule has 82 valence electrons. The number of fused-ring (bicyclic) bond motifs is 1. The minimum atomic E-state index is 0.719. The normalized spacial score (nSPS) is 10.0. The largest absolute Gasteiger partial charge is 0.341 e. The van der Waals surface area contributed by atoms with Crippen LogP contribution < -0.4 is 0 Å². The summed E-state index contributed by atoms with van der Waals surface area (Å²) in [5.74, 6) is 0.868. The van der Waals surface area contributed by atoms with Gasteiger partial charge in [-0.1, -0.05) is 25.4 Å². The summed E-state index contributed by atoms with van der Waals surface area (Å²) in [6.07, 6.45) is 0. The summed E-state index contributed by atoms with van der Waals surface area (Å²) in [5.41, 5.74) is 3.54. The molecule has 0 saturated heterocycles. The van der Waals surface area contributed by atoms with Crippen LogP contribution in [0.25, 0.3) is 11.2 Å². The third kappa shape index (κ3) is 2.12. The molecule has 0 unspecified atom stereocenters. The Morgan fingerprint density at radius 1 is 1.07 bits per heavy atom. The van der Waals surface area contributed by atoms with Crippen LogP contribution in [-0.2, 0) is 0 Å². The van der Waals surface area contributed by atoms with Crippen LogP contribution in [0, 0.1) is 20.8 Å². The summed E-state index contributed by atoms with van der Waals surface area (Å²) < 4.78 is 0. The maximum Gasteiger partial charge on any atom is 0.178 e. The summed E-state index contributed by atoms with van der Waals surface area (Å²) in [6, 6.07) is 0. The topological polar surface area (TPSA) is 41.6 Å². The molecule has 0 aliphatic rings. The van der Waals surface area contributed by atoms with Gasteiger partial charge in [-0.3, -0.25) is 0 Å². The number of pyridine rings is 1. The highest BCUT2D eigenvalue weighted by molar-refractivity contribution is 6.32. The van der Waals surface area contributed by atoms with Gasteiger partial charge < -0.3 is 4.98 Å². The van der Waals surface area contributed by atoms with E-state index in [0.717, 1.165) is 33.3 Å². The van der Waals surface area contributed by atoms with Crippen molar-refractivity contribution in [3.8, 4) is 0 Å². The number of aryl methyl sites for hydroxylation is 3. The van der Waals surface area contributed by atoms with E-state index in [2.05, 4.69) is 15.0 Å². The van der Waals surface area contributed by atoms with Gasteiger partial charge in [-0.25, -0.2) is 9.97 Å². The Balaban J connectivity index is 0.000000531. The molecule has 0 radical (unpaired) electrons. The molecule has 0 atom stereocenters. The molecule has 2 rings (SSSR count). The SMILES string of the molecule is CC.Cc1nc2nc(C)c(Cl)c(C)c2[nH]1. The molecule has 0 aliphatic carbocycles.